The second-order valence-electron chi connectivity index (χ2n) is 4.77. The monoisotopic (exact) mass is 196 g/mol. The Morgan fingerprint density at radius 2 is 2.15 bits per heavy atom. The Morgan fingerprint density at radius 1 is 1.54 bits per heavy atom. The highest BCUT2D eigenvalue weighted by molar-refractivity contribution is 6.69. The van der Waals surface area contributed by atoms with E-state index in [0.717, 1.165) is 6.42 Å². The standard InChI is InChI=1S/C11H20OSi/c1-6-10-8-7-9(2)11(10)12-13(3,4)5/h6,8-9,11H,1,7H2,2-5H3/t9-,11+/m1/s1. The normalized spacial score (nSPS) is 28.8. The highest BCUT2D eigenvalue weighted by Gasteiger charge is 2.30. The second-order valence-corrected chi connectivity index (χ2v) is 9.23. The highest BCUT2D eigenvalue weighted by atomic mass is 28.4. The first-order valence-electron chi connectivity index (χ1n) is 4.94. The van der Waals surface area contributed by atoms with Gasteiger partial charge in [0.2, 0.25) is 0 Å². The van der Waals surface area contributed by atoms with E-state index in [0.29, 0.717) is 12.0 Å². The lowest BCUT2D eigenvalue weighted by Gasteiger charge is -2.27. The summed E-state index contributed by atoms with van der Waals surface area (Å²) in [6.07, 6.45) is 5.64. The molecule has 0 radical (unpaired) electrons. The number of allylic oxidation sites excluding steroid dienone is 1. The quantitative estimate of drug-likeness (QED) is 0.629. The molecule has 0 aromatic heterocycles. The molecule has 0 aliphatic heterocycles. The molecule has 0 aromatic rings. The van der Waals surface area contributed by atoms with Crippen LogP contribution in [-0.4, -0.2) is 14.4 Å². The third-order valence-corrected chi connectivity index (χ3v) is 3.25. The third kappa shape index (κ3) is 2.81. The maximum atomic E-state index is 6.11. The summed E-state index contributed by atoms with van der Waals surface area (Å²) in [7, 11) is -1.41. The molecular formula is C11H20OSi. The van der Waals surface area contributed by atoms with Crippen molar-refractivity contribution in [2.45, 2.75) is 39.1 Å². The van der Waals surface area contributed by atoms with E-state index in [4.69, 9.17) is 4.43 Å². The van der Waals surface area contributed by atoms with Gasteiger partial charge in [0.25, 0.3) is 0 Å². The van der Waals surface area contributed by atoms with E-state index in [-0.39, 0.29) is 0 Å². The van der Waals surface area contributed by atoms with Crippen molar-refractivity contribution in [2.75, 3.05) is 0 Å². The maximum absolute atomic E-state index is 6.11. The Kier molecular flexibility index (Phi) is 3.14. The average Bonchev–Trinajstić information content (AvgIpc) is 2.30. The maximum Gasteiger partial charge on any atom is 0.184 e. The van der Waals surface area contributed by atoms with Crippen molar-refractivity contribution in [3.05, 3.63) is 24.3 Å². The molecule has 0 saturated heterocycles. The average molecular weight is 196 g/mol. The summed E-state index contributed by atoms with van der Waals surface area (Å²) in [5, 5.41) is 0. The smallest absolute Gasteiger partial charge is 0.184 e. The molecule has 0 spiro atoms. The van der Waals surface area contributed by atoms with Crippen LogP contribution in [0.1, 0.15) is 13.3 Å². The van der Waals surface area contributed by atoms with Crippen LogP contribution in [0.3, 0.4) is 0 Å². The minimum Gasteiger partial charge on any atom is -0.410 e. The summed E-state index contributed by atoms with van der Waals surface area (Å²) >= 11 is 0. The fourth-order valence-corrected chi connectivity index (χ4v) is 2.79. The van der Waals surface area contributed by atoms with Gasteiger partial charge in [-0.15, -0.1) is 0 Å². The number of rotatable bonds is 3. The van der Waals surface area contributed by atoms with Gasteiger partial charge in [-0.2, -0.15) is 0 Å². The zero-order valence-electron chi connectivity index (χ0n) is 9.13. The molecule has 0 saturated carbocycles. The summed E-state index contributed by atoms with van der Waals surface area (Å²) in [4.78, 5) is 0. The van der Waals surface area contributed by atoms with E-state index in [1.807, 2.05) is 6.08 Å². The number of hydrogen-bond donors (Lipinski definition) is 0. The Hall–Kier alpha value is -0.343. The number of hydrogen-bond acceptors (Lipinski definition) is 1. The lowest BCUT2D eigenvalue weighted by Crippen LogP contribution is -2.34. The zero-order valence-corrected chi connectivity index (χ0v) is 10.1. The summed E-state index contributed by atoms with van der Waals surface area (Å²) in [5.41, 5.74) is 1.29. The summed E-state index contributed by atoms with van der Waals surface area (Å²) in [5.74, 6) is 0.625. The molecule has 0 N–H and O–H groups in total. The molecule has 13 heavy (non-hydrogen) atoms. The minimum atomic E-state index is -1.41. The van der Waals surface area contributed by atoms with Crippen LogP contribution in [0.15, 0.2) is 24.3 Å². The molecule has 0 unspecified atom stereocenters. The van der Waals surface area contributed by atoms with Crippen LogP contribution < -0.4 is 0 Å². The lowest BCUT2D eigenvalue weighted by molar-refractivity contribution is 0.186. The fraction of sp³-hybridized carbons (Fsp3) is 0.636. The summed E-state index contributed by atoms with van der Waals surface area (Å²) in [6, 6.07) is 0. The van der Waals surface area contributed by atoms with Crippen LogP contribution in [0, 0.1) is 5.92 Å². The Morgan fingerprint density at radius 3 is 2.62 bits per heavy atom. The lowest BCUT2D eigenvalue weighted by atomic mass is 10.1. The first-order valence-corrected chi connectivity index (χ1v) is 8.35. The molecule has 1 aliphatic carbocycles. The predicted octanol–water partition coefficient (Wildman–Crippen LogP) is 3.36. The molecular weight excluding hydrogens is 176 g/mol. The van der Waals surface area contributed by atoms with Gasteiger partial charge in [-0.05, 0) is 37.6 Å². The van der Waals surface area contributed by atoms with Gasteiger partial charge in [-0.25, -0.2) is 0 Å². The predicted molar refractivity (Wildman–Crippen MR) is 60.3 cm³/mol. The first kappa shape index (κ1) is 10.7. The largest absolute Gasteiger partial charge is 0.410 e. The first-order chi connectivity index (χ1) is 5.94. The molecule has 74 valence electrons. The van der Waals surface area contributed by atoms with Gasteiger partial charge in [0, 0.05) is 0 Å². The van der Waals surface area contributed by atoms with Crippen molar-refractivity contribution in [3.8, 4) is 0 Å². The van der Waals surface area contributed by atoms with E-state index < -0.39 is 8.32 Å². The van der Waals surface area contributed by atoms with Crippen molar-refractivity contribution < 1.29 is 4.43 Å². The van der Waals surface area contributed by atoms with E-state index in [2.05, 4.69) is 39.2 Å². The molecule has 0 aromatic carbocycles. The molecule has 2 atom stereocenters. The van der Waals surface area contributed by atoms with Gasteiger partial charge in [-0.3, -0.25) is 0 Å². The fourth-order valence-electron chi connectivity index (χ4n) is 1.65. The van der Waals surface area contributed by atoms with Gasteiger partial charge >= 0.3 is 0 Å². The van der Waals surface area contributed by atoms with Crippen LogP contribution in [0.5, 0.6) is 0 Å². The van der Waals surface area contributed by atoms with Gasteiger partial charge in [-0.1, -0.05) is 25.7 Å². The topological polar surface area (TPSA) is 9.23 Å². The molecule has 1 nitrogen and oxygen atoms in total. The van der Waals surface area contributed by atoms with Crippen molar-refractivity contribution >= 4 is 8.32 Å². The van der Waals surface area contributed by atoms with Crippen LogP contribution in [-0.2, 0) is 4.43 Å². The Balaban J connectivity index is 2.67. The summed E-state index contributed by atoms with van der Waals surface area (Å²) in [6.45, 7) is 12.8. The molecule has 1 aliphatic rings. The minimum absolute atomic E-state index is 0.309. The van der Waals surface area contributed by atoms with Crippen molar-refractivity contribution in [1.82, 2.24) is 0 Å². The van der Waals surface area contributed by atoms with Gasteiger partial charge in [0.1, 0.15) is 0 Å². The van der Waals surface area contributed by atoms with Gasteiger partial charge < -0.3 is 4.43 Å². The van der Waals surface area contributed by atoms with E-state index in [1.165, 1.54) is 5.57 Å². The summed E-state index contributed by atoms with van der Waals surface area (Å²) < 4.78 is 6.11. The van der Waals surface area contributed by atoms with Crippen LogP contribution in [0.25, 0.3) is 0 Å². The van der Waals surface area contributed by atoms with Crippen LogP contribution >= 0.6 is 0 Å². The van der Waals surface area contributed by atoms with E-state index in [1.54, 1.807) is 0 Å². The van der Waals surface area contributed by atoms with Crippen molar-refractivity contribution in [1.29, 1.82) is 0 Å². The Labute approximate surface area is 82.6 Å². The molecule has 1 rings (SSSR count). The second kappa shape index (κ2) is 3.80. The zero-order chi connectivity index (χ0) is 10.1. The van der Waals surface area contributed by atoms with Gasteiger partial charge in [0.05, 0.1) is 6.10 Å². The van der Waals surface area contributed by atoms with Crippen molar-refractivity contribution in [3.63, 3.8) is 0 Å². The Bertz CT molecular complexity index is 225. The van der Waals surface area contributed by atoms with Crippen molar-refractivity contribution in [2.24, 2.45) is 5.92 Å². The molecule has 0 amide bonds. The van der Waals surface area contributed by atoms with Gasteiger partial charge in [0.15, 0.2) is 8.32 Å². The SMILES string of the molecule is C=CC1=CC[C@@H](C)[C@@H]1O[Si](C)(C)C. The molecule has 2 heteroatoms. The molecule has 0 fully saturated rings. The van der Waals surface area contributed by atoms with E-state index >= 15 is 0 Å². The molecule has 0 bridgehead atoms. The highest BCUT2D eigenvalue weighted by Crippen LogP contribution is 2.30. The van der Waals surface area contributed by atoms with Crippen LogP contribution in [0.2, 0.25) is 19.6 Å². The third-order valence-electron chi connectivity index (χ3n) is 2.29. The van der Waals surface area contributed by atoms with Crippen LogP contribution in [0.4, 0.5) is 0 Å². The van der Waals surface area contributed by atoms with E-state index in [9.17, 15) is 0 Å². The molecule has 0 heterocycles.